The second-order valence-electron chi connectivity index (χ2n) is 6.95. The minimum absolute atomic E-state index is 0.0154. The Hall–Kier alpha value is -2.21. The molecule has 1 fully saturated rings. The van der Waals surface area contributed by atoms with Gasteiger partial charge in [0.1, 0.15) is 5.82 Å². The number of nitrogens with one attached hydrogen (secondary N) is 1. The summed E-state index contributed by atoms with van der Waals surface area (Å²) in [5.74, 6) is -0.579. The minimum Gasteiger partial charge on any atom is -0.372 e. The highest BCUT2D eigenvalue weighted by Gasteiger charge is 2.25. The van der Waals surface area contributed by atoms with Crippen molar-refractivity contribution in [1.82, 2.24) is 0 Å². The first kappa shape index (κ1) is 21.5. The van der Waals surface area contributed by atoms with E-state index in [1.54, 1.807) is 0 Å². The molecule has 1 aliphatic rings. The fourth-order valence-electron chi connectivity index (χ4n) is 3.23. The Morgan fingerprint density at radius 3 is 2.24 bits per heavy atom. The van der Waals surface area contributed by atoms with Crippen LogP contribution in [0.4, 0.5) is 15.8 Å². The van der Waals surface area contributed by atoms with Crippen LogP contribution in [0.2, 0.25) is 0 Å². The summed E-state index contributed by atoms with van der Waals surface area (Å²) in [4.78, 5) is 1.21. The van der Waals surface area contributed by atoms with Crippen LogP contribution in [0.1, 0.15) is 13.8 Å². The Bertz CT molecular complexity index is 1110. The van der Waals surface area contributed by atoms with Crippen molar-refractivity contribution in [1.29, 1.82) is 0 Å². The third-order valence-electron chi connectivity index (χ3n) is 4.40. The van der Waals surface area contributed by atoms with Crippen LogP contribution < -0.4 is 14.8 Å². The summed E-state index contributed by atoms with van der Waals surface area (Å²) in [5, 5.41) is 5.04. The molecule has 0 aromatic heterocycles. The lowest BCUT2D eigenvalue weighted by Gasteiger charge is -2.37. The van der Waals surface area contributed by atoms with Gasteiger partial charge in [-0.3, -0.25) is 4.72 Å². The Morgan fingerprint density at radius 2 is 1.66 bits per heavy atom. The zero-order valence-corrected chi connectivity index (χ0v) is 17.5. The van der Waals surface area contributed by atoms with Crippen LogP contribution in [0.3, 0.4) is 0 Å². The Kier molecular flexibility index (Phi) is 5.86. The normalized spacial score (nSPS) is 20.5. The number of hydrogen-bond donors (Lipinski definition) is 2. The molecular formula is C18H22FN3O5S2. The van der Waals surface area contributed by atoms with E-state index >= 15 is 0 Å². The molecule has 11 heteroatoms. The van der Waals surface area contributed by atoms with Gasteiger partial charge in [0.15, 0.2) is 0 Å². The molecule has 2 aromatic carbocycles. The molecule has 8 nitrogen and oxygen atoms in total. The standard InChI is InChI=1S/C18H22FN3O5S2/c1-12-10-22(11-13(2)27-12)18-7-6-14(8-17(18)19)21-29(25,26)16-5-3-4-15(9-16)28(20,23)24/h3-9,12-13,21H,10-11H2,1-2H3,(H2,20,23,24)/t12-,13+. The van der Waals surface area contributed by atoms with Crippen LogP contribution in [-0.4, -0.2) is 42.1 Å². The molecule has 3 N–H and O–H groups in total. The minimum atomic E-state index is -4.14. The summed E-state index contributed by atoms with van der Waals surface area (Å²) in [6.07, 6.45) is -0.107. The molecule has 158 valence electrons. The molecule has 0 amide bonds. The smallest absolute Gasteiger partial charge is 0.261 e. The van der Waals surface area contributed by atoms with Gasteiger partial charge in [-0.2, -0.15) is 0 Å². The van der Waals surface area contributed by atoms with Gasteiger partial charge in [-0.1, -0.05) is 6.07 Å². The van der Waals surface area contributed by atoms with Gasteiger partial charge in [-0.15, -0.1) is 0 Å². The van der Waals surface area contributed by atoms with Crippen LogP contribution in [-0.2, 0) is 24.8 Å². The Morgan fingerprint density at radius 1 is 1.03 bits per heavy atom. The molecule has 1 aliphatic heterocycles. The number of anilines is 2. The molecule has 0 unspecified atom stereocenters. The first-order chi connectivity index (χ1) is 13.5. The van der Waals surface area contributed by atoms with Gasteiger partial charge in [-0.25, -0.2) is 26.4 Å². The lowest BCUT2D eigenvalue weighted by Crippen LogP contribution is -2.45. The summed E-state index contributed by atoms with van der Waals surface area (Å²) < 4.78 is 70.6. The van der Waals surface area contributed by atoms with Gasteiger partial charge in [0.05, 0.1) is 33.4 Å². The summed E-state index contributed by atoms with van der Waals surface area (Å²) >= 11 is 0. The average molecular weight is 444 g/mol. The molecule has 0 radical (unpaired) electrons. The highest BCUT2D eigenvalue weighted by atomic mass is 32.2. The van der Waals surface area contributed by atoms with Crippen molar-refractivity contribution in [2.45, 2.75) is 35.8 Å². The van der Waals surface area contributed by atoms with E-state index in [2.05, 4.69) is 4.72 Å². The number of nitrogens with two attached hydrogens (primary N) is 1. The fourth-order valence-corrected chi connectivity index (χ4v) is 4.96. The molecule has 0 bridgehead atoms. The van der Waals surface area contributed by atoms with Crippen molar-refractivity contribution in [2.75, 3.05) is 22.7 Å². The number of hydrogen-bond acceptors (Lipinski definition) is 6. The second-order valence-corrected chi connectivity index (χ2v) is 10.2. The van der Waals surface area contributed by atoms with E-state index in [9.17, 15) is 21.2 Å². The third-order valence-corrected chi connectivity index (χ3v) is 6.69. The number of rotatable bonds is 5. The first-order valence-corrected chi connectivity index (χ1v) is 11.8. The number of morpholine rings is 1. The van der Waals surface area contributed by atoms with Gasteiger partial charge in [0.25, 0.3) is 10.0 Å². The van der Waals surface area contributed by atoms with E-state index in [1.807, 2.05) is 18.7 Å². The largest absolute Gasteiger partial charge is 0.372 e. The van der Waals surface area contributed by atoms with Crippen molar-refractivity contribution >= 4 is 31.4 Å². The van der Waals surface area contributed by atoms with Crippen LogP contribution in [0, 0.1) is 5.82 Å². The number of sulfonamides is 2. The van der Waals surface area contributed by atoms with Crippen molar-refractivity contribution in [2.24, 2.45) is 5.14 Å². The number of halogens is 1. The highest BCUT2D eigenvalue weighted by Crippen LogP contribution is 2.27. The van der Waals surface area contributed by atoms with Gasteiger partial charge in [0, 0.05) is 19.2 Å². The first-order valence-electron chi connectivity index (χ1n) is 8.81. The fraction of sp³-hybridized carbons (Fsp3) is 0.333. The Labute approximate surface area is 169 Å². The molecule has 2 atom stereocenters. The summed E-state index contributed by atoms with van der Waals surface area (Å²) in [6.45, 7) is 4.84. The highest BCUT2D eigenvalue weighted by molar-refractivity contribution is 7.93. The summed E-state index contributed by atoms with van der Waals surface area (Å²) in [5.41, 5.74) is 0.368. The monoisotopic (exact) mass is 443 g/mol. The van der Waals surface area contributed by atoms with Crippen molar-refractivity contribution in [3.8, 4) is 0 Å². The van der Waals surface area contributed by atoms with Crippen LogP contribution in [0.15, 0.2) is 52.3 Å². The van der Waals surface area contributed by atoms with E-state index in [1.165, 1.54) is 30.3 Å². The van der Waals surface area contributed by atoms with E-state index < -0.39 is 25.9 Å². The topological polar surface area (TPSA) is 119 Å². The van der Waals surface area contributed by atoms with Crippen molar-refractivity contribution in [3.63, 3.8) is 0 Å². The number of nitrogens with zero attached hydrogens (tertiary/aromatic N) is 1. The predicted octanol–water partition coefficient (Wildman–Crippen LogP) is 1.89. The van der Waals surface area contributed by atoms with Gasteiger partial charge >= 0.3 is 0 Å². The zero-order valence-electron chi connectivity index (χ0n) is 15.9. The molecule has 2 aromatic rings. The van der Waals surface area contributed by atoms with Gasteiger partial charge in [0.2, 0.25) is 10.0 Å². The third kappa shape index (κ3) is 5.04. The number of primary sulfonamides is 1. The van der Waals surface area contributed by atoms with Crippen molar-refractivity contribution in [3.05, 3.63) is 48.3 Å². The van der Waals surface area contributed by atoms with Crippen LogP contribution in [0.25, 0.3) is 0 Å². The van der Waals surface area contributed by atoms with E-state index in [0.717, 1.165) is 12.1 Å². The van der Waals surface area contributed by atoms with Gasteiger partial charge < -0.3 is 9.64 Å². The second kappa shape index (κ2) is 7.90. The molecule has 29 heavy (non-hydrogen) atoms. The molecule has 0 aliphatic carbocycles. The lowest BCUT2D eigenvalue weighted by molar-refractivity contribution is -0.00539. The molecule has 0 saturated carbocycles. The Balaban J connectivity index is 1.84. The van der Waals surface area contributed by atoms with Crippen LogP contribution in [0.5, 0.6) is 0 Å². The number of ether oxygens (including phenoxy) is 1. The molecule has 3 rings (SSSR count). The molecular weight excluding hydrogens is 421 g/mol. The van der Waals surface area contributed by atoms with Crippen molar-refractivity contribution < 1.29 is 26.0 Å². The van der Waals surface area contributed by atoms with E-state index in [0.29, 0.717) is 18.8 Å². The van der Waals surface area contributed by atoms with E-state index in [-0.39, 0.29) is 27.7 Å². The summed E-state index contributed by atoms with van der Waals surface area (Å²) in [7, 11) is -8.20. The quantitative estimate of drug-likeness (QED) is 0.728. The van der Waals surface area contributed by atoms with E-state index in [4.69, 9.17) is 9.88 Å². The van der Waals surface area contributed by atoms with Crippen LogP contribution >= 0.6 is 0 Å². The molecule has 1 heterocycles. The molecule has 1 saturated heterocycles. The maximum absolute atomic E-state index is 14.7. The summed E-state index contributed by atoms with van der Waals surface area (Å²) in [6, 6.07) is 8.65. The SMILES string of the molecule is C[C@@H]1CN(c2ccc(NS(=O)(=O)c3cccc(S(N)(=O)=O)c3)cc2F)C[C@H](C)O1. The number of benzene rings is 2. The maximum atomic E-state index is 14.7. The zero-order chi connectivity index (χ0) is 21.4. The lowest BCUT2D eigenvalue weighted by atomic mass is 10.2. The van der Waals surface area contributed by atoms with Gasteiger partial charge in [-0.05, 0) is 44.2 Å². The molecule has 0 spiro atoms. The predicted molar refractivity (Wildman–Crippen MR) is 107 cm³/mol. The average Bonchev–Trinajstić information content (AvgIpc) is 2.60. The maximum Gasteiger partial charge on any atom is 0.261 e.